The predicted octanol–water partition coefficient (Wildman–Crippen LogP) is 2.12. The molecule has 0 aliphatic carbocycles. The summed E-state index contributed by atoms with van der Waals surface area (Å²) in [5, 5.41) is 0. The Morgan fingerprint density at radius 2 is 2.38 bits per heavy atom. The number of nitrogens with zero attached hydrogens (tertiary/aromatic N) is 2. The maximum absolute atomic E-state index is 11.8. The second-order valence-corrected chi connectivity index (χ2v) is 5.27. The number of rotatable bonds is 4. The molecule has 1 saturated heterocycles. The maximum atomic E-state index is 11.8. The Kier molecular flexibility index (Phi) is 4.01. The summed E-state index contributed by atoms with van der Waals surface area (Å²) in [6.07, 6.45) is 5.73. The van der Waals surface area contributed by atoms with Gasteiger partial charge in [0.1, 0.15) is 0 Å². The first-order valence-electron chi connectivity index (χ1n) is 7.18. The average Bonchev–Trinajstić information content (AvgIpc) is 2.96. The lowest BCUT2D eigenvalue weighted by Crippen LogP contribution is -2.24. The molecule has 0 unspecified atom stereocenters. The second-order valence-electron chi connectivity index (χ2n) is 5.27. The van der Waals surface area contributed by atoms with E-state index in [0.717, 1.165) is 37.3 Å². The molecule has 5 nitrogen and oxygen atoms in total. The van der Waals surface area contributed by atoms with Crippen molar-refractivity contribution in [2.24, 2.45) is 0 Å². The van der Waals surface area contributed by atoms with Crippen LogP contribution < -0.4 is 10.2 Å². The quantitative estimate of drug-likeness (QED) is 0.934. The highest BCUT2D eigenvalue weighted by Gasteiger charge is 2.27. The zero-order valence-corrected chi connectivity index (χ0v) is 12.1. The first kappa shape index (κ1) is 13.8. The molecule has 21 heavy (non-hydrogen) atoms. The molecule has 0 bridgehead atoms. The first-order valence-corrected chi connectivity index (χ1v) is 7.18. The van der Waals surface area contributed by atoms with Crippen LogP contribution in [0.2, 0.25) is 0 Å². The van der Waals surface area contributed by atoms with Crippen LogP contribution in [0.1, 0.15) is 30.3 Å². The normalized spacial score (nSPS) is 18.8. The molecule has 3 heterocycles. The molecule has 110 valence electrons. The van der Waals surface area contributed by atoms with Gasteiger partial charge < -0.3 is 9.72 Å². The van der Waals surface area contributed by atoms with Crippen molar-refractivity contribution in [2.45, 2.75) is 25.4 Å². The summed E-state index contributed by atoms with van der Waals surface area (Å²) in [6.45, 7) is 1.75. The lowest BCUT2D eigenvalue weighted by Gasteiger charge is -2.23. The number of H-pyrrole nitrogens is 1. The zero-order chi connectivity index (χ0) is 14.7. The summed E-state index contributed by atoms with van der Waals surface area (Å²) >= 11 is 0. The number of aromatic nitrogens is 2. The fourth-order valence-electron chi connectivity index (χ4n) is 2.89. The van der Waals surface area contributed by atoms with Crippen LogP contribution in [0.4, 0.5) is 0 Å². The van der Waals surface area contributed by atoms with Gasteiger partial charge in [-0.25, -0.2) is 0 Å². The molecule has 0 saturated carbocycles. The molecule has 5 heteroatoms. The Morgan fingerprint density at radius 1 is 1.48 bits per heavy atom. The Morgan fingerprint density at radius 3 is 3.10 bits per heavy atom. The molecule has 3 rings (SSSR count). The Bertz CT molecular complexity index is 654. The molecule has 1 aliphatic heterocycles. The molecule has 1 fully saturated rings. The number of ether oxygens (including phenoxy) is 1. The topological polar surface area (TPSA) is 58.2 Å². The number of hydrogen-bond acceptors (Lipinski definition) is 4. The third-order valence-electron chi connectivity index (χ3n) is 3.92. The number of aromatic amines is 1. The average molecular weight is 285 g/mol. The Labute approximate surface area is 123 Å². The van der Waals surface area contributed by atoms with Gasteiger partial charge in [-0.15, -0.1) is 0 Å². The Balaban J connectivity index is 1.78. The Hall–Kier alpha value is -2.14. The van der Waals surface area contributed by atoms with Crippen LogP contribution in [0, 0.1) is 0 Å². The van der Waals surface area contributed by atoms with Crippen molar-refractivity contribution in [1.29, 1.82) is 0 Å². The molecular weight excluding hydrogens is 266 g/mol. The van der Waals surface area contributed by atoms with E-state index in [1.807, 2.05) is 18.3 Å². The summed E-state index contributed by atoms with van der Waals surface area (Å²) in [6, 6.07) is 7.97. The maximum Gasteiger partial charge on any atom is 0.223 e. The molecule has 2 aromatic rings. The first-order chi connectivity index (χ1) is 10.3. The highest BCUT2D eigenvalue weighted by molar-refractivity contribution is 5.20. The smallest absolute Gasteiger partial charge is 0.223 e. The van der Waals surface area contributed by atoms with Crippen molar-refractivity contribution in [1.82, 2.24) is 14.9 Å². The van der Waals surface area contributed by atoms with Crippen molar-refractivity contribution in [3.63, 3.8) is 0 Å². The molecule has 0 spiro atoms. The van der Waals surface area contributed by atoms with Crippen LogP contribution in [0.15, 0.2) is 41.5 Å². The van der Waals surface area contributed by atoms with Crippen molar-refractivity contribution in [3.8, 4) is 5.75 Å². The lowest BCUT2D eigenvalue weighted by molar-refractivity contribution is 0.241. The summed E-state index contributed by atoms with van der Waals surface area (Å²) in [5.74, 6) is 0.349. The highest BCUT2D eigenvalue weighted by Crippen LogP contribution is 2.31. The molecule has 0 aromatic carbocycles. The van der Waals surface area contributed by atoms with Crippen LogP contribution in [0.5, 0.6) is 5.75 Å². The molecule has 1 N–H and O–H groups in total. The van der Waals surface area contributed by atoms with Gasteiger partial charge in [0.2, 0.25) is 5.43 Å². The number of hydrogen-bond donors (Lipinski definition) is 1. The number of methoxy groups -OCH3 is 1. The fraction of sp³-hybridized carbons (Fsp3) is 0.375. The summed E-state index contributed by atoms with van der Waals surface area (Å²) in [4.78, 5) is 21.8. The lowest BCUT2D eigenvalue weighted by atomic mass is 10.1. The molecule has 1 atom stereocenters. The monoisotopic (exact) mass is 285 g/mol. The van der Waals surface area contributed by atoms with E-state index in [1.54, 1.807) is 12.3 Å². The summed E-state index contributed by atoms with van der Waals surface area (Å²) in [7, 11) is 1.50. The fourth-order valence-corrected chi connectivity index (χ4v) is 2.89. The van der Waals surface area contributed by atoms with Crippen LogP contribution in [-0.2, 0) is 6.54 Å². The van der Waals surface area contributed by atoms with Crippen molar-refractivity contribution < 1.29 is 4.74 Å². The van der Waals surface area contributed by atoms with Gasteiger partial charge in [0.15, 0.2) is 5.75 Å². The van der Waals surface area contributed by atoms with Crippen LogP contribution in [-0.4, -0.2) is 28.5 Å². The molecule has 0 amide bonds. The minimum absolute atomic E-state index is 0.0835. The number of nitrogens with one attached hydrogen (secondary N) is 1. The van der Waals surface area contributed by atoms with E-state index >= 15 is 0 Å². The zero-order valence-electron chi connectivity index (χ0n) is 12.1. The summed E-state index contributed by atoms with van der Waals surface area (Å²) < 4.78 is 4.99. The second kappa shape index (κ2) is 6.10. The van der Waals surface area contributed by atoms with Crippen LogP contribution >= 0.6 is 0 Å². The van der Waals surface area contributed by atoms with Gasteiger partial charge in [0.25, 0.3) is 0 Å². The van der Waals surface area contributed by atoms with E-state index in [2.05, 4.69) is 20.9 Å². The van der Waals surface area contributed by atoms with Crippen molar-refractivity contribution >= 4 is 0 Å². The predicted molar refractivity (Wildman–Crippen MR) is 80.2 cm³/mol. The molecule has 1 aliphatic rings. The van der Waals surface area contributed by atoms with Crippen LogP contribution in [0.25, 0.3) is 0 Å². The highest BCUT2D eigenvalue weighted by atomic mass is 16.5. The number of pyridine rings is 2. The van der Waals surface area contributed by atoms with E-state index < -0.39 is 0 Å². The SMILES string of the molecule is COc1c[nH]c(CN2CCC[C@H]2c2ccccn2)cc1=O. The minimum atomic E-state index is -0.0835. The number of likely N-dealkylation sites (tertiary alicyclic amines) is 1. The largest absolute Gasteiger partial charge is 0.491 e. The van der Waals surface area contributed by atoms with Crippen molar-refractivity contribution in [2.75, 3.05) is 13.7 Å². The van der Waals surface area contributed by atoms with Gasteiger partial charge in [-0.2, -0.15) is 0 Å². The van der Waals surface area contributed by atoms with Gasteiger partial charge >= 0.3 is 0 Å². The van der Waals surface area contributed by atoms with Crippen LogP contribution in [0.3, 0.4) is 0 Å². The van der Waals surface area contributed by atoms with E-state index in [9.17, 15) is 4.79 Å². The third kappa shape index (κ3) is 2.97. The van der Waals surface area contributed by atoms with Gasteiger partial charge in [-0.05, 0) is 31.5 Å². The van der Waals surface area contributed by atoms with E-state index in [-0.39, 0.29) is 5.43 Å². The van der Waals surface area contributed by atoms with Crippen molar-refractivity contribution in [3.05, 3.63) is 58.3 Å². The standard InChI is InChI=1S/C16H19N3O2/c1-21-16-10-18-12(9-15(16)20)11-19-8-4-6-14(19)13-5-2-3-7-17-13/h2-3,5,7,9-10,14H,4,6,8,11H2,1H3,(H,18,20)/t14-/m0/s1. The molecule has 2 aromatic heterocycles. The molecular formula is C16H19N3O2. The molecule has 0 radical (unpaired) electrons. The van der Waals surface area contributed by atoms with E-state index in [1.165, 1.54) is 7.11 Å². The van der Waals surface area contributed by atoms with Gasteiger partial charge in [-0.3, -0.25) is 14.7 Å². The van der Waals surface area contributed by atoms with Gasteiger partial charge in [0.05, 0.1) is 18.8 Å². The van der Waals surface area contributed by atoms with Gasteiger partial charge in [-0.1, -0.05) is 6.07 Å². The minimum Gasteiger partial charge on any atom is -0.491 e. The van der Waals surface area contributed by atoms with E-state index in [4.69, 9.17) is 4.74 Å². The third-order valence-corrected chi connectivity index (χ3v) is 3.92. The van der Waals surface area contributed by atoms with E-state index in [0.29, 0.717) is 11.8 Å². The summed E-state index contributed by atoms with van der Waals surface area (Å²) in [5.41, 5.74) is 1.93. The van der Waals surface area contributed by atoms with Gasteiger partial charge in [0, 0.05) is 30.7 Å².